The van der Waals surface area contributed by atoms with Crippen LogP contribution in [0.1, 0.15) is 24.1 Å². The van der Waals surface area contributed by atoms with Gasteiger partial charge in [-0.25, -0.2) is 4.79 Å². The van der Waals surface area contributed by atoms with Gasteiger partial charge in [-0.15, -0.1) is 0 Å². The van der Waals surface area contributed by atoms with Crippen molar-refractivity contribution < 1.29 is 14.3 Å². The molecule has 0 bridgehead atoms. The molecular formula is C22H18BrCl2N5O3. The van der Waals surface area contributed by atoms with Crippen molar-refractivity contribution in [2.24, 2.45) is 0 Å². The molecule has 1 unspecified atom stereocenters. The Kier molecular flexibility index (Phi) is 7.02. The summed E-state index contributed by atoms with van der Waals surface area (Å²) in [6.07, 6.45) is 1.50. The monoisotopic (exact) mass is 549 g/mol. The van der Waals surface area contributed by atoms with E-state index >= 15 is 0 Å². The zero-order valence-electron chi connectivity index (χ0n) is 17.4. The third-order valence-electron chi connectivity index (χ3n) is 4.93. The summed E-state index contributed by atoms with van der Waals surface area (Å²) in [5, 5.41) is 16.0. The molecule has 0 amide bonds. The van der Waals surface area contributed by atoms with Crippen LogP contribution < -0.4 is 10.1 Å². The smallest absolute Gasteiger partial charge is 0.338 e. The highest BCUT2D eigenvalue weighted by Crippen LogP contribution is 2.40. The van der Waals surface area contributed by atoms with Crippen LogP contribution in [-0.2, 0) is 16.1 Å². The van der Waals surface area contributed by atoms with Gasteiger partial charge in [0.1, 0.15) is 25.0 Å². The molecule has 0 radical (unpaired) electrons. The Morgan fingerprint density at radius 3 is 2.88 bits per heavy atom. The zero-order chi connectivity index (χ0) is 23.5. The molecule has 11 heteroatoms. The van der Waals surface area contributed by atoms with Crippen LogP contribution in [0, 0.1) is 0 Å². The van der Waals surface area contributed by atoms with Gasteiger partial charge in [0.2, 0.25) is 5.95 Å². The van der Waals surface area contributed by atoms with E-state index < -0.39 is 12.0 Å². The van der Waals surface area contributed by atoms with E-state index in [-0.39, 0.29) is 13.2 Å². The van der Waals surface area contributed by atoms with E-state index in [0.29, 0.717) is 38.6 Å². The lowest BCUT2D eigenvalue weighted by Crippen LogP contribution is -2.30. The number of hydrogen-bond donors (Lipinski definition) is 1. The van der Waals surface area contributed by atoms with Crippen molar-refractivity contribution in [1.29, 1.82) is 0 Å². The second-order valence-corrected chi connectivity index (χ2v) is 8.87. The lowest BCUT2D eigenvalue weighted by Gasteiger charge is -2.28. The fraction of sp³-hybridized carbons (Fsp3) is 0.182. The highest BCUT2D eigenvalue weighted by molar-refractivity contribution is 9.10. The third kappa shape index (κ3) is 4.90. The van der Waals surface area contributed by atoms with Gasteiger partial charge in [-0.05, 0) is 47.7 Å². The van der Waals surface area contributed by atoms with E-state index in [1.54, 1.807) is 31.2 Å². The number of nitrogens with one attached hydrogen (secondary N) is 1. The summed E-state index contributed by atoms with van der Waals surface area (Å²) >= 11 is 15.8. The minimum absolute atomic E-state index is 0.0711. The normalized spacial score (nSPS) is 15.0. The molecule has 2 heterocycles. The number of halogens is 3. The Hall–Kier alpha value is -2.88. The van der Waals surface area contributed by atoms with E-state index in [1.165, 1.54) is 10.8 Å². The average Bonchev–Trinajstić information content (AvgIpc) is 3.24. The molecule has 1 N–H and O–H groups in total. The summed E-state index contributed by atoms with van der Waals surface area (Å²) in [7, 11) is 0. The Bertz CT molecular complexity index is 1260. The zero-order valence-corrected chi connectivity index (χ0v) is 20.5. The molecule has 1 aliphatic heterocycles. The number of rotatable bonds is 7. The van der Waals surface area contributed by atoms with Gasteiger partial charge in [0.05, 0.1) is 5.57 Å². The molecule has 0 saturated heterocycles. The molecule has 0 saturated carbocycles. The lowest BCUT2D eigenvalue weighted by molar-refractivity contribution is -0.138. The van der Waals surface area contributed by atoms with Gasteiger partial charge >= 0.3 is 5.97 Å². The number of hydrogen-bond acceptors (Lipinski definition) is 7. The Labute approximate surface area is 208 Å². The average molecular weight is 551 g/mol. The van der Waals surface area contributed by atoms with Crippen molar-refractivity contribution in [2.45, 2.75) is 19.6 Å². The van der Waals surface area contributed by atoms with Crippen LogP contribution in [0.15, 0.2) is 64.8 Å². The second kappa shape index (κ2) is 9.94. The maximum Gasteiger partial charge on any atom is 0.338 e. The van der Waals surface area contributed by atoms with E-state index in [0.717, 1.165) is 10.0 Å². The van der Waals surface area contributed by atoms with Gasteiger partial charge in [-0.3, -0.25) is 0 Å². The van der Waals surface area contributed by atoms with Crippen molar-refractivity contribution in [3.63, 3.8) is 0 Å². The van der Waals surface area contributed by atoms with Crippen LogP contribution in [0.5, 0.6) is 5.75 Å². The molecule has 0 aliphatic carbocycles. The standard InChI is InChI=1S/C22H18BrCl2N5O3/c1-3-8-32-21(31)19-12(2)26-22-27-28-29-30(22)20(19)16-9-14(23)5-7-18(16)33-11-13-4-6-15(24)10-17(13)25/h3-7,9-10,20H,1,8,11H2,2H3,(H,26,27,29). The first-order valence-electron chi connectivity index (χ1n) is 9.79. The summed E-state index contributed by atoms with van der Waals surface area (Å²) in [4.78, 5) is 13.0. The highest BCUT2D eigenvalue weighted by atomic mass is 79.9. The van der Waals surface area contributed by atoms with Gasteiger partial charge < -0.3 is 14.8 Å². The first-order chi connectivity index (χ1) is 15.9. The number of ether oxygens (including phenoxy) is 2. The Balaban J connectivity index is 1.76. The van der Waals surface area contributed by atoms with Crippen LogP contribution in [0.2, 0.25) is 10.0 Å². The second-order valence-electron chi connectivity index (χ2n) is 7.11. The molecule has 2 aromatic carbocycles. The van der Waals surface area contributed by atoms with Crippen molar-refractivity contribution >= 4 is 51.0 Å². The molecule has 1 aromatic heterocycles. The van der Waals surface area contributed by atoms with Crippen LogP contribution in [-0.4, -0.2) is 32.8 Å². The largest absolute Gasteiger partial charge is 0.488 e. The fourth-order valence-electron chi connectivity index (χ4n) is 3.44. The molecule has 1 aliphatic rings. The number of allylic oxidation sites excluding steroid dienone is 1. The SMILES string of the molecule is C=CCOC(=O)C1=C(C)Nc2nnnn2C1c1cc(Br)ccc1OCc1ccc(Cl)cc1Cl. The number of esters is 1. The molecule has 170 valence electrons. The van der Waals surface area contributed by atoms with Gasteiger partial charge in [0.25, 0.3) is 0 Å². The number of aromatic nitrogens is 4. The number of nitrogens with zero attached hydrogens (tertiary/aromatic N) is 4. The van der Waals surface area contributed by atoms with Crippen LogP contribution in [0.4, 0.5) is 5.95 Å². The molecular weight excluding hydrogens is 533 g/mol. The summed E-state index contributed by atoms with van der Waals surface area (Å²) in [5.41, 5.74) is 2.35. The predicted molar refractivity (Wildman–Crippen MR) is 128 cm³/mol. The topological polar surface area (TPSA) is 91.2 Å². The summed E-state index contributed by atoms with van der Waals surface area (Å²) in [6, 6.07) is 10.0. The number of carbonyl (C=O) groups is 1. The van der Waals surface area contributed by atoms with Crippen molar-refractivity contribution in [2.75, 3.05) is 11.9 Å². The number of anilines is 1. The summed E-state index contributed by atoms with van der Waals surface area (Å²) in [5.74, 6) is 0.404. The number of fused-ring (bicyclic) bond motifs is 1. The minimum atomic E-state index is -0.693. The molecule has 8 nitrogen and oxygen atoms in total. The molecule has 4 rings (SSSR count). The fourth-order valence-corrected chi connectivity index (χ4v) is 4.28. The van der Waals surface area contributed by atoms with E-state index in [2.05, 4.69) is 43.4 Å². The van der Waals surface area contributed by atoms with Crippen LogP contribution in [0.25, 0.3) is 0 Å². The summed E-state index contributed by atoms with van der Waals surface area (Å²) < 4.78 is 13.8. The third-order valence-corrected chi connectivity index (χ3v) is 6.01. The Morgan fingerprint density at radius 1 is 1.30 bits per heavy atom. The van der Waals surface area contributed by atoms with Gasteiger partial charge in [0.15, 0.2) is 0 Å². The van der Waals surface area contributed by atoms with E-state index in [4.69, 9.17) is 32.7 Å². The quantitative estimate of drug-likeness (QED) is 0.313. The molecule has 33 heavy (non-hydrogen) atoms. The van der Waals surface area contributed by atoms with E-state index in [9.17, 15) is 4.79 Å². The maximum absolute atomic E-state index is 13.0. The first kappa shape index (κ1) is 23.3. The van der Waals surface area contributed by atoms with Gasteiger partial charge in [-0.2, -0.15) is 4.68 Å². The molecule has 3 aromatic rings. The van der Waals surface area contributed by atoms with Gasteiger partial charge in [0, 0.05) is 31.3 Å². The highest BCUT2D eigenvalue weighted by Gasteiger charge is 2.36. The minimum Gasteiger partial charge on any atom is -0.488 e. The van der Waals surface area contributed by atoms with Crippen molar-refractivity contribution in [1.82, 2.24) is 20.2 Å². The summed E-state index contributed by atoms with van der Waals surface area (Å²) in [6.45, 7) is 5.63. The first-order valence-corrected chi connectivity index (χ1v) is 11.3. The lowest BCUT2D eigenvalue weighted by atomic mass is 9.95. The maximum atomic E-state index is 13.0. The predicted octanol–water partition coefficient (Wildman–Crippen LogP) is 5.34. The Morgan fingerprint density at radius 2 is 2.12 bits per heavy atom. The van der Waals surface area contributed by atoms with E-state index in [1.807, 2.05) is 12.1 Å². The molecule has 0 spiro atoms. The van der Waals surface area contributed by atoms with Crippen LogP contribution >= 0.6 is 39.1 Å². The van der Waals surface area contributed by atoms with Crippen LogP contribution in [0.3, 0.4) is 0 Å². The van der Waals surface area contributed by atoms with Crippen molar-refractivity contribution in [3.8, 4) is 5.75 Å². The van der Waals surface area contributed by atoms with Crippen molar-refractivity contribution in [3.05, 3.63) is 86.0 Å². The number of carbonyl (C=O) groups excluding carboxylic acids is 1. The molecule has 1 atom stereocenters. The number of benzene rings is 2. The molecule has 0 fully saturated rings. The number of tetrazole rings is 1. The van der Waals surface area contributed by atoms with Gasteiger partial charge in [-0.1, -0.05) is 63.0 Å².